The Morgan fingerprint density at radius 3 is 0.757 bits per heavy atom. The molecule has 0 aliphatic carbocycles. The number of carbonyl (C=O) groups is 3. The molecule has 6 nitrogen and oxygen atoms in total. The molecule has 0 bridgehead atoms. The maximum Gasteiger partial charge on any atom is 3.00 e. The molecule has 0 saturated heterocycles. The average Bonchev–Trinajstić information content (AvgIpc) is 2.84. The van der Waals surface area contributed by atoms with Gasteiger partial charge in [-0.15, -0.1) is 0 Å². The molecule has 3 atom stereocenters. The van der Waals surface area contributed by atoms with E-state index in [0.29, 0.717) is 19.3 Å². The van der Waals surface area contributed by atoms with Crippen LogP contribution in [0.1, 0.15) is 159 Å². The van der Waals surface area contributed by atoms with Crippen molar-refractivity contribution in [1.82, 2.24) is 0 Å². The van der Waals surface area contributed by atoms with Crippen molar-refractivity contribution in [2.24, 2.45) is 16.2 Å². The van der Waals surface area contributed by atoms with Gasteiger partial charge in [0.2, 0.25) is 0 Å². The summed E-state index contributed by atoms with van der Waals surface area (Å²) in [7, 11) is 0. The molecule has 37 heavy (non-hydrogen) atoms. The van der Waals surface area contributed by atoms with Gasteiger partial charge in [-0.1, -0.05) is 120 Å². The van der Waals surface area contributed by atoms with E-state index >= 15 is 0 Å². The number of carbonyl (C=O) groups excluding carboxylic acids is 3. The van der Waals surface area contributed by atoms with E-state index in [9.17, 15) is 29.7 Å². The summed E-state index contributed by atoms with van der Waals surface area (Å²) in [4.78, 5) is 32.2. The van der Waals surface area contributed by atoms with Crippen molar-refractivity contribution in [2.45, 2.75) is 159 Å². The van der Waals surface area contributed by atoms with E-state index in [1.165, 1.54) is 0 Å². The fourth-order valence-electron chi connectivity index (χ4n) is 3.57. The quantitative estimate of drug-likeness (QED) is 0.184. The smallest absolute Gasteiger partial charge is 0.550 e. The second-order valence-electron chi connectivity index (χ2n) is 11.0. The minimum Gasteiger partial charge on any atom is -0.550 e. The molecule has 3 unspecified atom stereocenters. The predicted octanol–water partition coefficient (Wildman–Crippen LogP) is 5.20. The van der Waals surface area contributed by atoms with Crippen molar-refractivity contribution in [1.29, 1.82) is 0 Å². The largest absolute Gasteiger partial charge is 3.00 e. The Morgan fingerprint density at radius 2 is 0.649 bits per heavy atom. The van der Waals surface area contributed by atoms with E-state index in [-0.39, 0.29) is 37.3 Å². The maximum absolute atomic E-state index is 10.7. The molecule has 0 aromatic carbocycles. The third kappa shape index (κ3) is 20.3. The van der Waals surface area contributed by atoms with Crippen LogP contribution >= 0.6 is 0 Å². The minimum atomic E-state index is -0.902. The summed E-state index contributed by atoms with van der Waals surface area (Å²) in [5, 5.41) is 32.2. The zero-order chi connectivity index (χ0) is 28.8. The standard InChI is InChI=1S/3C10H20O2.Er/c3*1-4-6-7-8-10(3,5-2)9(11)12;/h3*4-8H2,1-3H3,(H,11,12);/q;;;+3/p-3. The van der Waals surface area contributed by atoms with Crippen LogP contribution in [0.3, 0.4) is 0 Å². The minimum absolute atomic E-state index is 0. The number of carboxylic acids is 3. The molecule has 0 heterocycles. The van der Waals surface area contributed by atoms with Gasteiger partial charge in [-0.05, 0) is 38.5 Å². The van der Waals surface area contributed by atoms with Gasteiger partial charge < -0.3 is 29.7 Å². The maximum atomic E-state index is 10.7. The Morgan fingerprint density at radius 1 is 0.459 bits per heavy atom. The molecule has 225 valence electrons. The van der Waals surface area contributed by atoms with Crippen LogP contribution in [0.4, 0.5) is 0 Å². The number of aliphatic carboxylic acids is 3. The Labute approximate surface area is 258 Å². The normalized spacial score (nSPS) is 15.2. The van der Waals surface area contributed by atoms with E-state index in [2.05, 4.69) is 20.8 Å². The molecule has 0 amide bonds. The van der Waals surface area contributed by atoms with Gasteiger partial charge in [-0.3, -0.25) is 0 Å². The van der Waals surface area contributed by atoms with Crippen LogP contribution in [-0.4, -0.2) is 17.9 Å². The zero-order valence-corrected chi connectivity index (χ0v) is 27.2. The summed E-state index contributed by atoms with van der Waals surface area (Å²) in [5.41, 5.74) is -1.81. The van der Waals surface area contributed by atoms with Crippen LogP contribution in [0.5, 0.6) is 0 Å². The molecule has 7 heteroatoms. The Hall–Kier alpha value is -0.343. The van der Waals surface area contributed by atoms with Gasteiger partial charge in [0.25, 0.3) is 0 Å². The van der Waals surface area contributed by atoms with Crippen LogP contribution in [0.15, 0.2) is 0 Å². The topological polar surface area (TPSA) is 120 Å². The van der Waals surface area contributed by atoms with Gasteiger partial charge in [0.1, 0.15) is 0 Å². The second-order valence-corrected chi connectivity index (χ2v) is 11.0. The number of hydrogen-bond acceptors (Lipinski definition) is 6. The first-order valence-corrected chi connectivity index (χ1v) is 14.3. The molecule has 0 aromatic rings. The summed E-state index contributed by atoms with van der Waals surface area (Å²) in [6.45, 7) is 17.4. The summed E-state index contributed by atoms with van der Waals surface area (Å²) in [6, 6.07) is 0. The Kier molecular flexibility index (Phi) is 29.1. The summed E-state index contributed by atoms with van der Waals surface area (Å²) in [5.74, 6) is -2.71. The van der Waals surface area contributed by atoms with Gasteiger partial charge in [-0.2, -0.15) is 0 Å². The van der Waals surface area contributed by atoms with E-state index < -0.39 is 34.2 Å². The Bertz CT molecular complexity index is 516. The molecule has 0 aliphatic heterocycles. The van der Waals surface area contributed by atoms with Crippen LogP contribution in [-0.2, 0) is 14.4 Å². The van der Waals surface area contributed by atoms with Crippen LogP contribution in [0.25, 0.3) is 0 Å². The van der Waals surface area contributed by atoms with Gasteiger partial charge in [0.15, 0.2) is 0 Å². The fourth-order valence-corrected chi connectivity index (χ4v) is 3.57. The van der Waals surface area contributed by atoms with Gasteiger partial charge >= 0.3 is 37.3 Å². The zero-order valence-electron chi connectivity index (χ0n) is 25.3. The van der Waals surface area contributed by atoms with Gasteiger partial charge in [0, 0.05) is 34.2 Å². The van der Waals surface area contributed by atoms with Crippen molar-refractivity contribution in [3.8, 4) is 0 Å². The van der Waals surface area contributed by atoms with Crippen molar-refractivity contribution in [2.75, 3.05) is 0 Å². The molecule has 0 fully saturated rings. The molecule has 0 saturated carbocycles. The van der Waals surface area contributed by atoms with Gasteiger partial charge in [0.05, 0.1) is 0 Å². The first-order valence-electron chi connectivity index (χ1n) is 14.3. The van der Waals surface area contributed by atoms with Crippen molar-refractivity contribution < 1.29 is 67.0 Å². The van der Waals surface area contributed by atoms with Crippen molar-refractivity contribution in [3.05, 3.63) is 0 Å². The molecule has 1 radical (unpaired) electrons. The molecular formula is C30H57ErO6. The predicted molar refractivity (Wildman–Crippen MR) is 143 cm³/mol. The monoisotopic (exact) mass is 679 g/mol. The van der Waals surface area contributed by atoms with E-state index in [4.69, 9.17) is 0 Å². The molecule has 0 aromatic heterocycles. The van der Waals surface area contributed by atoms with E-state index in [1.807, 2.05) is 20.8 Å². The van der Waals surface area contributed by atoms with Gasteiger partial charge in [-0.25, -0.2) is 0 Å². The summed E-state index contributed by atoms with van der Waals surface area (Å²) >= 11 is 0. The SMILES string of the molecule is CCCCCC(C)(CC)C(=O)[O-].CCCCCC(C)(CC)C(=O)[O-].CCCCCC(C)(CC)C(=O)[O-].[Er+3]. The first-order chi connectivity index (χ1) is 16.7. The molecular weight excluding hydrogens is 624 g/mol. The number of unbranched alkanes of at least 4 members (excludes halogenated alkanes) is 6. The molecule has 0 aliphatic rings. The molecule has 0 spiro atoms. The average molecular weight is 681 g/mol. The number of carboxylic acid groups (broad SMARTS) is 3. The van der Waals surface area contributed by atoms with Crippen molar-refractivity contribution >= 4 is 17.9 Å². The second kappa shape index (κ2) is 24.7. The van der Waals surface area contributed by atoms with Crippen LogP contribution in [0, 0.1) is 53.6 Å². The third-order valence-electron chi connectivity index (χ3n) is 7.82. The number of hydrogen-bond donors (Lipinski definition) is 0. The van der Waals surface area contributed by atoms with Crippen LogP contribution < -0.4 is 15.3 Å². The molecule has 0 N–H and O–H groups in total. The first kappa shape index (κ1) is 43.7. The fraction of sp³-hybridized carbons (Fsp3) is 0.900. The number of rotatable bonds is 18. The van der Waals surface area contributed by atoms with Crippen molar-refractivity contribution in [3.63, 3.8) is 0 Å². The molecule has 0 rings (SSSR count). The van der Waals surface area contributed by atoms with E-state index in [0.717, 1.165) is 77.0 Å². The van der Waals surface area contributed by atoms with E-state index in [1.54, 1.807) is 20.8 Å². The summed E-state index contributed by atoms with van der Waals surface area (Å²) < 4.78 is 0. The Balaban J connectivity index is -0.000000218. The third-order valence-corrected chi connectivity index (χ3v) is 7.82. The summed E-state index contributed by atoms with van der Waals surface area (Å²) in [6.07, 6.45) is 14.0. The van der Waals surface area contributed by atoms with Crippen LogP contribution in [0.2, 0.25) is 0 Å².